The lowest BCUT2D eigenvalue weighted by Crippen LogP contribution is -2.42. The van der Waals surface area contributed by atoms with Gasteiger partial charge in [0.25, 0.3) is 0 Å². The number of guanidine groups is 1. The third kappa shape index (κ3) is 4.08. The topological polar surface area (TPSA) is 89.9 Å². The van der Waals surface area contributed by atoms with Crippen molar-refractivity contribution < 1.29 is 4.79 Å². The van der Waals surface area contributed by atoms with Gasteiger partial charge in [-0.3, -0.25) is 15.7 Å². The molecule has 0 aliphatic heterocycles. The Morgan fingerprint density at radius 1 is 1.47 bits per heavy atom. The molecule has 0 radical (unpaired) electrons. The molecule has 15 heavy (non-hydrogen) atoms. The number of pyridine rings is 1. The van der Waals surface area contributed by atoms with Crippen LogP contribution in [0.5, 0.6) is 0 Å². The zero-order chi connectivity index (χ0) is 11.1. The number of hydrogen-bond acceptors (Lipinski definition) is 3. The number of carbonyl (C=O) groups is 1. The van der Waals surface area contributed by atoms with E-state index >= 15 is 0 Å². The van der Waals surface area contributed by atoms with Gasteiger partial charge in [0.05, 0.1) is 0 Å². The van der Waals surface area contributed by atoms with Gasteiger partial charge in [-0.1, -0.05) is 0 Å². The van der Waals surface area contributed by atoms with Crippen molar-refractivity contribution in [3.8, 4) is 0 Å². The fraction of sp³-hybridized carbons (Fsp3) is 0.222. The molecule has 1 aromatic rings. The molecule has 1 aromatic heterocycles. The summed E-state index contributed by atoms with van der Waals surface area (Å²) < 4.78 is 0. The number of hydrogen-bond donors (Lipinski definition) is 4. The zero-order valence-corrected chi connectivity index (χ0v) is 8.37. The molecule has 0 atom stereocenters. The first-order valence-corrected chi connectivity index (χ1v) is 4.53. The van der Waals surface area contributed by atoms with Gasteiger partial charge in [-0.2, -0.15) is 0 Å². The normalized spacial score (nSPS) is 9.13. The molecule has 80 valence electrons. The predicted octanol–water partition coefficient (Wildman–Crippen LogP) is 0.747. The van der Waals surface area contributed by atoms with Gasteiger partial charge in [0.1, 0.15) is 0 Å². The number of aromatic nitrogens is 1. The first-order chi connectivity index (χ1) is 7.22. The van der Waals surface area contributed by atoms with Gasteiger partial charge in [0.2, 0.25) is 0 Å². The summed E-state index contributed by atoms with van der Waals surface area (Å²) in [6.45, 7) is 2.44. The highest BCUT2D eigenvalue weighted by Crippen LogP contribution is 2.01. The molecule has 0 aromatic carbocycles. The van der Waals surface area contributed by atoms with Crippen LogP contribution in [0, 0.1) is 5.41 Å². The summed E-state index contributed by atoms with van der Waals surface area (Å²) in [5, 5.41) is 14.8. The molecular formula is C9H13N5O. The molecular weight excluding hydrogens is 194 g/mol. The van der Waals surface area contributed by atoms with E-state index in [4.69, 9.17) is 5.41 Å². The van der Waals surface area contributed by atoms with E-state index < -0.39 is 6.03 Å². The van der Waals surface area contributed by atoms with Gasteiger partial charge in [-0.05, 0) is 19.1 Å². The third-order valence-electron chi connectivity index (χ3n) is 1.53. The van der Waals surface area contributed by atoms with Crippen molar-refractivity contribution in [3.63, 3.8) is 0 Å². The Bertz CT molecular complexity index is 338. The lowest BCUT2D eigenvalue weighted by molar-refractivity contribution is 0.256. The van der Waals surface area contributed by atoms with Crippen LogP contribution in [0.15, 0.2) is 24.5 Å². The van der Waals surface area contributed by atoms with Gasteiger partial charge in [-0.25, -0.2) is 4.79 Å². The van der Waals surface area contributed by atoms with Crippen LogP contribution < -0.4 is 16.0 Å². The zero-order valence-electron chi connectivity index (χ0n) is 8.37. The molecule has 1 heterocycles. The van der Waals surface area contributed by atoms with Crippen molar-refractivity contribution in [2.45, 2.75) is 6.92 Å². The average Bonchev–Trinajstić information content (AvgIpc) is 2.19. The fourth-order valence-corrected chi connectivity index (χ4v) is 0.932. The molecule has 0 aliphatic rings. The smallest absolute Gasteiger partial charge is 0.325 e. The summed E-state index contributed by atoms with van der Waals surface area (Å²) in [7, 11) is 0. The van der Waals surface area contributed by atoms with E-state index in [2.05, 4.69) is 20.9 Å². The highest BCUT2D eigenvalue weighted by Gasteiger charge is 2.02. The maximum atomic E-state index is 11.3. The number of rotatable bonds is 2. The van der Waals surface area contributed by atoms with E-state index in [1.165, 1.54) is 0 Å². The van der Waals surface area contributed by atoms with E-state index in [0.29, 0.717) is 12.2 Å². The monoisotopic (exact) mass is 207 g/mol. The van der Waals surface area contributed by atoms with Crippen molar-refractivity contribution in [2.75, 3.05) is 11.9 Å². The quantitative estimate of drug-likeness (QED) is 0.426. The van der Waals surface area contributed by atoms with Gasteiger partial charge < -0.3 is 10.6 Å². The molecule has 0 bridgehead atoms. The first-order valence-electron chi connectivity index (χ1n) is 4.53. The second-order valence-corrected chi connectivity index (χ2v) is 2.72. The molecule has 0 saturated carbocycles. The standard InChI is InChI=1S/C9H13N5O/c1-2-12-8(10)14-9(15)13-7-3-5-11-6-4-7/h3-6H,2H2,1H3,(H4,10,11,12,13,14,15). The predicted molar refractivity (Wildman–Crippen MR) is 57.8 cm³/mol. The second kappa shape index (κ2) is 5.58. The van der Waals surface area contributed by atoms with Crippen molar-refractivity contribution in [2.24, 2.45) is 0 Å². The SMILES string of the molecule is CCNC(=N)NC(=O)Nc1ccncc1. The van der Waals surface area contributed by atoms with Gasteiger partial charge in [0.15, 0.2) is 5.96 Å². The van der Waals surface area contributed by atoms with Crippen LogP contribution in [0.2, 0.25) is 0 Å². The minimum absolute atomic E-state index is 0.0240. The second-order valence-electron chi connectivity index (χ2n) is 2.72. The molecule has 0 unspecified atom stereocenters. The van der Waals surface area contributed by atoms with Crippen LogP contribution in [-0.2, 0) is 0 Å². The fourth-order valence-electron chi connectivity index (χ4n) is 0.932. The van der Waals surface area contributed by atoms with E-state index in [0.717, 1.165) is 0 Å². The first kappa shape index (κ1) is 11.0. The minimum Gasteiger partial charge on any atom is -0.356 e. The van der Waals surface area contributed by atoms with Gasteiger partial charge in [-0.15, -0.1) is 0 Å². The Balaban J connectivity index is 2.40. The number of nitrogens with one attached hydrogen (secondary N) is 4. The molecule has 6 nitrogen and oxygen atoms in total. The molecule has 6 heteroatoms. The lowest BCUT2D eigenvalue weighted by atomic mass is 10.4. The minimum atomic E-state index is -0.452. The summed E-state index contributed by atoms with van der Waals surface area (Å²) in [6, 6.07) is 2.87. The summed E-state index contributed by atoms with van der Waals surface area (Å²) in [5.74, 6) is -0.0240. The van der Waals surface area contributed by atoms with Crippen molar-refractivity contribution in [3.05, 3.63) is 24.5 Å². The maximum absolute atomic E-state index is 11.3. The highest BCUT2D eigenvalue weighted by molar-refractivity contribution is 6.01. The Labute approximate surface area is 87.6 Å². The van der Waals surface area contributed by atoms with Gasteiger partial charge in [0, 0.05) is 24.6 Å². The maximum Gasteiger partial charge on any atom is 0.325 e. The Kier molecular flexibility index (Phi) is 4.08. The number of anilines is 1. The summed E-state index contributed by atoms with van der Waals surface area (Å²) in [4.78, 5) is 15.1. The number of urea groups is 1. The van der Waals surface area contributed by atoms with Crippen LogP contribution in [0.25, 0.3) is 0 Å². The molecule has 0 saturated heterocycles. The van der Waals surface area contributed by atoms with E-state index in [1.54, 1.807) is 24.5 Å². The van der Waals surface area contributed by atoms with Crippen LogP contribution in [0.3, 0.4) is 0 Å². The lowest BCUT2D eigenvalue weighted by Gasteiger charge is -2.08. The molecule has 2 amide bonds. The van der Waals surface area contributed by atoms with Crippen molar-refractivity contribution in [1.29, 1.82) is 5.41 Å². The molecule has 0 aliphatic carbocycles. The van der Waals surface area contributed by atoms with Crippen LogP contribution in [0.4, 0.5) is 10.5 Å². The summed E-state index contributed by atoms with van der Waals surface area (Å²) >= 11 is 0. The van der Waals surface area contributed by atoms with Crippen LogP contribution in [-0.4, -0.2) is 23.5 Å². The van der Waals surface area contributed by atoms with Crippen molar-refractivity contribution >= 4 is 17.7 Å². The Morgan fingerprint density at radius 2 is 2.13 bits per heavy atom. The van der Waals surface area contributed by atoms with E-state index in [1.807, 2.05) is 6.92 Å². The Hall–Kier alpha value is -2.11. The summed E-state index contributed by atoms with van der Waals surface area (Å²) in [6.07, 6.45) is 3.15. The van der Waals surface area contributed by atoms with E-state index in [-0.39, 0.29) is 5.96 Å². The highest BCUT2D eigenvalue weighted by atomic mass is 16.2. The van der Waals surface area contributed by atoms with Gasteiger partial charge >= 0.3 is 6.03 Å². The van der Waals surface area contributed by atoms with Crippen LogP contribution in [0.1, 0.15) is 6.92 Å². The Morgan fingerprint density at radius 3 is 2.73 bits per heavy atom. The number of amides is 2. The molecule has 4 N–H and O–H groups in total. The van der Waals surface area contributed by atoms with Crippen LogP contribution >= 0.6 is 0 Å². The van der Waals surface area contributed by atoms with Crippen molar-refractivity contribution in [1.82, 2.24) is 15.6 Å². The molecule has 0 fully saturated rings. The molecule has 1 rings (SSSR count). The summed E-state index contributed by atoms with van der Waals surface area (Å²) in [5.41, 5.74) is 0.631. The van der Waals surface area contributed by atoms with E-state index in [9.17, 15) is 4.79 Å². The largest absolute Gasteiger partial charge is 0.356 e. The number of carbonyl (C=O) groups excluding carboxylic acids is 1. The molecule has 0 spiro atoms. The third-order valence-corrected chi connectivity index (χ3v) is 1.53. The number of nitrogens with zero attached hydrogens (tertiary/aromatic N) is 1. The average molecular weight is 207 g/mol.